The standard InChI is InChI=1S/C22H26N4O3S/c1-4-21(26(30(3,28)29)20-8-6-5-7-9-20)22(27)24-16-18-10-12-19(13-11-18)25-15-14-23-17(25)2/h5-15,21H,4,16H2,1-3H3,(H,24,27). The fourth-order valence-corrected chi connectivity index (χ4v) is 4.58. The zero-order valence-electron chi connectivity index (χ0n) is 17.3. The molecule has 0 spiro atoms. The number of rotatable bonds is 8. The van der Waals surface area contributed by atoms with Crippen molar-refractivity contribution >= 4 is 21.6 Å². The predicted molar refractivity (Wildman–Crippen MR) is 118 cm³/mol. The molecule has 1 unspecified atom stereocenters. The van der Waals surface area contributed by atoms with Gasteiger partial charge in [-0.1, -0.05) is 37.3 Å². The van der Waals surface area contributed by atoms with Crippen molar-refractivity contribution in [3.05, 3.63) is 78.4 Å². The Morgan fingerprint density at radius 2 is 1.80 bits per heavy atom. The second-order valence-corrected chi connectivity index (χ2v) is 8.91. The third-order valence-electron chi connectivity index (χ3n) is 4.85. The van der Waals surface area contributed by atoms with Gasteiger partial charge in [-0.25, -0.2) is 13.4 Å². The Bertz CT molecular complexity index is 1090. The smallest absolute Gasteiger partial charge is 0.244 e. The van der Waals surface area contributed by atoms with Crippen LogP contribution in [0.15, 0.2) is 67.0 Å². The number of carbonyl (C=O) groups is 1. The van der Waals surface area contributed by atoms with E-state index in [1.54, 1.807) is 43.5 Å². The first-order valence-corrected chi connectivity index (χ1v) is 11.6. The fourth-order valence-electron chi connectivity index (χ4n) is 3.37. The summed E-state index contributed by atoms with van der Waals surface area (Å²) in [5.41, 5.74) is 2.38. The van der Waals surface area contributed by atoms with Gasteiger partial charge in [0.25, 0.3) is 0 Å². The van der Waals surface area contributed by atoms with Crippen LogP contribution in [0.3, 0.4) is 0 Å². The molecule has 0 aliphatic carbocycles. The zero-order valence-corrected chi connectivity index (χ0v) is 18.1. The van der Waals surface area contributed by atoms with Crippen LogP contribution in [-0.4, -0.2) is 36.2 Å². The molecule has 158 valence electrons. The molecule has 7 nitrogen and oxygen atoms in total. The second kappa shape index (κ2) is 9.13. The van der Waals surface area contributed by atoms with E-state index >= 15 is 0 Å². The number of nitrogens with one attached hydrogen (secondary N) is 1. The van der Waals surface area contributed by atoms with Gasteiger partial charge in [0.05, 0.1) is 11.9 Å². The van der Waals surface area contributed by atoms with E-state index in [2.05, 4.69) is 10.3 Å². The quantitative estimate of drug-likeness (QED) is 0.600. The summed E-state index contributed by atoms with van der Waals surface area (Å²) in [6.45, 7) is 4.04. The maximum Gasteiger partial charge on any atom is 0.244 e. The number of para-hydroxylation sites is 1. The zero-order chi connectivity index (χ0) is 21.7. The number of nitrogens with zero attached hydrogens (tertiary/aromatic N) is 3. The molecule has 0 bridgehead atoms. The van der Waals surface area contributed by atoms with Crippen molar-refractivity contribution in [2.45, 2.75) is 32.9 Å². The highest BCUT2D eigenvalue weighted by Crippen LogP contribution is 2.22. The molecule has 0 saturated heterocycles. The van der Waals surface area contributed by atoms with Crippen LogP contribution in [0.1, 0.15) is 24.7 Å². The number of carbonyl (C=O) groups excluding carboxylic acids is 1. The van der Waals surface area contributed by atoms with Crippen molar-refractivity contribution in [2.75, 3.05) is 10.6 Å². The van der Waals surface area contributed by atoms with E-state index in [4.69, 9.17) is 0 Å². The Labute approximate surface area is 177 Å². The lowest BCUT2D eigenvalue weighted by Crippen LogP contribution is -2.49. The summed E-state index contributed by atoms with van der Waals surface area (Å²) in [4.78, 5) is 17.1. The first kappa shape index (κ1) is 21.6. The lowest BCUT2D eigenvalue weighted by atomic mass is 10.1. The summed E-state index contributed by atoms with van der Waals surface area (Å²) in [7, 11) is -3.63. The van der Waals surface area contributed by atoms with Crippen LogP contribution in [-0.2, 0) is 21.4 Å². The highest BCUT2D eigenvalue weighted by Gasteiger charge is 2.31. The molecule has 1 amide bonds. The predicted octanol–water partition coefficient (Wildman–Crippen LogP) is 3.04. The molecule has 3 rings (SSSR count). The molecule has 30 heavy (non-hydrogen) atoms. The van der Waals surface area contributed by atoms with Crippen LogP contribution in [0.25, 0.3) is 5.69 Å². The first-order chi connectivity index (χ1) is 14.3. The maximum atomic E-state index is 12.9. The van der Waals surface area contributed by atoms with Gasteiger partial charge in [0, 0.05) is 24.6 Å². The number of anilines is 1. The van der Waals surface area contributed by atoms with Gasteiger partial charge in [0.1, 0.15) is 11.9 Å². The summed E-state index contributed by atoms with van der Waals surface area (Å²) in [6.07, 6.45) is 5.11. The van der Waals surface area contributed by atoms with Crippen molar-refractivity contribution in [1.82, 2.24) is 14.9 Å². The third kappa shape index (κ3) is 4.88. The molecule has 0 saturated carbocycles. The molecule has 1 atom stereocenters. The normalized spacial score (nSPS) is 12.4. The highest BCUT2D eigenvalue weighted by molar-refractivity contribution is 7.92. The molecule has 2 aromatic carbocycles. The number of benzene rings is 2. The molecule has 1 N–H and O–H groups in total. The number of aromatic nitrogens is 2. The molecular weight excluding hydrogens is 400 g/mol. The molecule has 3 aromatic rings. The highest BCUT2D eigenvalue weighted by atomic mass is 32.2. The third-order valence-corrected chi connectivity index (χ3v) is 6.03. The van der Waals surface area contributed by atoms with Crippen LogP contribution in [0.4, 0.5) is 5.69 Å². The number of imidazole rings is 1. The Morgan fingerprint density at radius 1 is 1.13 bits per heavy atom. The Balaban J connectivity index is 1.72. The summed E-state index contributed by atoms with van der Waals surface area (Å²) < 4.78 is 28.0. The fraction of sp³-hybridized carbons (Fsp3) is 0.273. The summed E-state index contributed by atoms with van der Waals surface area (Å²) >= 11 is 0. The van der Waals surface area contributed by atoms with E-state index in [9.17, 15) is 13.2 Å². The van der Waals surface area contributed by atoms with Crippen LogP contribution in [0, 0.1) is 6.92 Å². The van der Waals surface area contributed by atoms with Gasteiger partial charge in [0.15, 0.2) is 0 Å². The number of sulfonamides is 1. The minimum absolute atomic E-state index is 0.310. The summed E-state index contributed by atoms with van der Waals surface area (Å²) in [5, 5.41) is 2.87. The lowest BCUT2D eigenvalue weighted by molar-refractivity contribution is -0.122. The number of aryl methyl sites for hydroxylation is 1. The van der Waals surface area contributed by atoms with E-state index in [-0.39, 0.29) is 5.91 Å². The van der Waals surface area contributed by atoms with Crippen LogP contribution >= 0.6 is 0 Å². The Hall–Kier alpha value is -3.13. The molecule has 1 aromatic heterocycles. The van der Waals surface area contributed by atoms with Crippen LogP contribution in [0.2, 0.25) is 0 Å². The van der Waals surface area contributed by atoms with Crippen molar-refractivity contribution in [2.24, 2.45) is 0 Å². The Kier molecular flexibility index (Phi) is 6.56. The van der Waals surface area contributed by atoms with E-state index in [1.807, 2.05) is 42.0 Å². The van der Waals surface area contributed by atoms with Gasteiger partial charge < -0.3 is 9.88 Å². The average molecular weight is 427 g/mol. The largest absolute Gasteiger partial charge is 0.350 e. The van der Waals surface area contributed by atoms with Gasteiger partial charge in [-0.2, -0.15) is 0 Å². The van der Waals surface area contributed by atoms with Gasteiger partial charge in [-0.15, -0.1) is 0 Å². The van der Waals surface area contributed by atoms with Gasteiger partial charge in [-0.05, 0) is 43.2 Å². The van der Waals surface area contributed by atoms with Crippen molar-refractivity contribution in [3.63, 3.8) is 0 Å². The average Bonchev–Trinajstić information content (AvgIpc) is 3.16. The Morgan fingerprint density at radius 3 is 2.33 bits per heavy atom. The lowest BCUT2D eigenvalue weighted by Gasteiger charge is -2.30. The number of hydrogen-bond acceptors (Lipinski definition) is 4. The minimum Gasteiger partial charge on any atom is -0.350 e. The van der Waals surface area contributed by atoms with E-state index in [0.29, 0.717) is 18.7 Å². The monoisotopic (exact) mass is 426 g/mol. The van der Waals surface area contributed by atoms with Crippen LogP contribution in [0.5, 0.6) is 0 Å². The van der Waals surface area contributed by atoms with Gasteiger partial charge in [-0.3, -0.25) is 9.10 Å². The van der Waals surface area contributed by atoms with E-state index < -0.39 is 16.1 Å². The van der Waals surface area contributed by atoms with Crippen LogP contribution < -0.4 is 9.62 Å². The van der Waals surface area contributed by atoms with E-state index in [1.165, 1.54) is 4.31 Å². The number of amides is 1. The van der Waals surface area contributed by atoms with Gasteiger partial charge in [0.2, 0.25) is 15.9 Å². The van der Waals surface area contributed by atoms with Crippen molar-refractivity contribution in [1.29, 1.82) is 0 Å². The first-order valence-electron chi connectivity index (χ1n) is 9.72. The molecular formula is C22H26N4O3S. The minimum atomic E-state index is -3.63. The van der Waals surface area contributed by atoms with Crippen molar-refractivity contribution in [3.8, 4) is 5.69 Å². The summed E-state index contributed by atoms with van der Waals surface area (Å²) in [5.74, 6) is 0.560. The molecule has 8 heteroatoms. The SMILES string of the molecule is CCC(C(=O)NCc1ccc(-n2ccnc2C)cc1)N(c1ccccc1)S(C)(=O)=O. The topological polar surface area (TPSA) is 84.3 Å². The van der Waals surface area contributed by atoms with Gasteiger partial charge >= 0.3 is 0 Å². The number of hydrogen-bond donors (Lipinski definition) is 1. The van der Waals surface area contributed by atoms with E-state index in [0.717, 1.165) is 23.3 Å². The summed E-state index contributed by atoms with van der Waals surface area (Å²) in [6, 6.07) is 15.6. The maximum absolute atomic E-state index is 12.9. The molecule has 1 heterocycles. The molecule has 0 aliphatic rings. The molecule has 0 fully saturated rings. The second-order valence-electron chi connectivity index (χ2n) is 7.05. The molecule has 0 aliphatic heterocycles. The van der Waals surface area contributed by atoms with Crippen molar-refractivity contribution < 1.29 is 13.2 Å². The molecule has 0 radical (unpaired) electrons.